The van der Waals surface area contributed by atoms with Gasteiger partial charge in [0.05, 0.1) is 5.02 Å². The summed E-state index contributed by atoms with van der Waals surface area (Å²) in [7, 11) is 0. The Kier molecular flexibility index (Phi) is 3.61. The van der Waals surface area contributed by atoms with Gasteiger partial charge in [-0.15, -0.1) is 0 Å². The topological polar surface area (TPSA) is 46.5 Å². The minimum absolute atomic E-state index is 0.282. The van der Waals surface area contributed by atoms with Crippen LogP contribution in [0, 0.1) is 6.92 Å². The molecule has 0 radical (unpaired) electrons. The number of carboxylic acids is 1. The van der Waals surface area contributed by atoms with Crippen LogP contribution in [0.4, 0.5) is 0 Å². The summed E-state index contributed by atoms with van der Waals surface area (Å²) >= 11 is 11.6. The molecule has 0 aliphatic carbocycles. The first-order chi connectivity index (χ1) is 6.50. The number of aliphatic carboxylic acids is 1. The van der Waals surface area contributed by atoms with E-state index in [9.17, 15) is 4.79 Å². The normalized spacial score (nSPS) is 9.93. The molecular formula is C9H8Cl2O3. The summed E-state index contributed by atoms with van der Waals surface area (Å²) in [5.74, 6) is -0.776. The van der Waals surface area contributed by atoms with Crippen LogP contribution in [0.15, 0.2) is 12.1 Å². The fraction of sp³-hybridized carbons (Fsp3) is 0.222. The molecule has 76 valence electrons. The molecule has 5 heteroatoms. The lowest BCUT2D eigenvalue weighted by molar-refractivity contribution is -0.139. The lowest BCUT2D eigenvalue weighted by Crippen LogP contribution is -2.09. The second-order valence-corrected chi connectivity index (χ2v) is 3.53. The van der Waals surface area contributed by atoms with E-state index in [4.69, 9.17) is 33.0 Å². The third-order valence-electron chi connectivity index (χ3n) is 1.56. The Morgan fingerprint density at radius 2 is 2.07 bits per heavy atom. The zero-order valence-corrected chi connectivity index (χ0v) is 8.89. The predicted octanol–water partition coefficient (Wildman–Crippen LogP) is 2.77. The highest BCUT2D eigenvalue weighted by molar-refractivity contribution is 6.34. The van der Waals surface area contributed by atoms with Crippen LogP contribution in [0.2, 0.25) is 10.0 Å². The van der Waals surface area contributed by atoms with Gasteiger partial charge in [0.2, 0.25) is 0 Å². The van der Waals surface area contributed by atoms with E-state index < -0.39 is 12.6 Å². The third-order valence-corrected chi connectivity index (χ3v) is 2.27. The van der Waals surface area contributed by atoms with Gasteiger partial charge < -0.3 is 9.84 Å². The van der Waals surface area contributed by atoms with Gasteiger partial charge in [-0.3, -0.25) is 0 Å². The van der Waals surface area contributed by atoms with Crippen LogP contribution in [0.25, 0.3) is 0 Å². The van der Waals surface area contributed by atoms with Crippen LogP contribution in [-0.2, 0) is 4.79 Å². The molecule has 1 N–H and O–H groups in total. The number of hydrogen-bond donors (Lipinski definition) is 1. The van der Waals surface area contributed by atoms with Crippen molar-refractivity contribution >= 4 is 29.2 Å². The molecule has 0 unspecified atom stereocenters. The van der Waals surface area contributed by atoms with Crippen molar-refractivity contribution in [3.63, 3.8) is 0 Å². The maximum absolute atomic E-state index is 10.2. The predicted molar refractivity (Wildman–Crippen MR) is 54.3 cm³/mol. The first-order valence-corrected chi connectivity index (χ1v) is 4.56. The summed E-state index contributed by atoms with van der Waals surface area (Å²) < 4.78 is 4.92. The second-order valence-electron chi connectivity index (χ2n) is 2.71. The van der Waals surface area contributed by atoms with E-state index >= 15 is 0 Å². The van der Waals surface area contributed by atoms with Gasteiger partial charge in [0.25, 0.3) is 0 Å². The summed E-state index contributed by atoms with van der Waals surface area (Å²) in [6.45, 7) is 1.37. The number of carboxylic acid groups (broad SMARTS) is 1. The number of halogens is 2. The summed E-state index contributed by atoms with van der Waals surface area (Å²) in [4.78, 5) is 10.2. The molecule has 0 bridgehead atoms. The highest BCUT2D eigenvalue weighted by atomic mass is 35.5. The van der Waals surface area contributed by atoms with Gasteiger partial charge in [0.1, 0.15) is 5.75 Å². The Morgan fingerprint density at radius 3 is 2.64 bits per heavy atom. The van der Waals surface area contributed by atoms with E-state index in [1.165, 1.54) is 6.07 Å². The maximum atomic E-state index is 10.2. The second kappa shape index (κ2) is 4.53. The zero-order chi connectivity index (χ0) is 10.7. The monoisotopic (exact) mass is 234 g/mol. The van der Waals surface area contributed by atoms with Crippen molar-refractivity contribution in [1.29, 1.82) is 0 Å². The van der Waals surface area contributed by atoms with E-state index in [0.717, 1.165) is 5.56 Å². The van der Waals surface area contributed by atoms with Crippen molar-refractivity contribution in [2.45, 2.75) is 6.92 Å². The molecule has 0 saturated carbocycles. The van der Waals surface area contributed by atoms with Crippen molar-refractivity contribution < 1.29 is 14.6 Å². The fourth-order valence-electron chi connectivity index (χ4n) is 0.878. The molecule has 1 aromatic carbocycles. The first kappa shape index (κ1) is 11.1. The average Bonchev–Trinajstić information content (AvgIpc) is 2.09. The van der Waals surface area contributed by atoms with Crippen LogP contribution in [0.1, 0.15) is 5.56 Å². The van der Waals surface area contributed by atoms with Gasteiger partial charge >= 0.3 is 5.97 Å². The molecule has 1 aromatic rings. The molecule has 0 heterocycles. The zero-order valence-electron chi connectivity index (χ0n) is 7.38. The number of rotatable bonds is 3. The van der Waals surface area contributed by atoms with Crippen LogP contribution >= 0.6 is 23.2 Å². The van der Waals surface area contributed by atoms with E-state index in [-0.39, 0.29) is 5.75 Å². The smallest absolute Gasteiger partial charge is 0.341 e. The minimum atomic E-state index is -1.06. The van der Waals surface area contributed by atoms with E-state index in [1.807, 2.05) is 0 Å². The maximum Gasteiger partial charge on any atom is 0.341 e. The lowest BCUT2D eigenvalue weighted by atomic mass is 10.2. The first-order valence-electron chi connectivity index (χ1n) is 3.81. The molecule has 0 amide bonds. The summed E-state index contributed by atoms with van der Waals surface area (Å²) in [6, 6.07) is 3.13. The summed E-state index contributed by atoms with van der Waals surface area (Å²) in [5.41, 5.74) is 0.819. The lowest BCUT2D eigenvalue weighted by Gasteiger charge is -2.07. The van der Waals surface area contributed by atoms with Crippen molar-refractivity contribution in [2.75, 3.05) is 6.61 Å². The number of hydrogen-bond acceptors (Lipinski definition) is 2. The molecule has 0 spiro atoms. The number of benzene rings is 1. The number of ether oxygens (including phenoxy) is 1. The Morgan fingerprint density at radius 1 is 1.43 bits per heavy atom. The van der Waals surface area contributed by atoms with Gasteiger partial charge in [0, 0.05) is 11.1 Å². The van der Waals surface area contributed by atoms with Crippen molar-refractivity contribution in [1.82, 2.24) is 0 Å². The Hall–Kier alpha value is -0.930. The van der Waals surface area contributed by atoms with Gasteiger partial charge in [-0.05, 0) is 18.6 Å². The fourth-order valence-corrected chi connectivity index (χ4v) is 1.30. The van der Waals surface area contributed by atoms with Crippen LogP contribution in [0.3, 0.4) is 0 Å². The molecule has 0 atom stereocenters. The molecule has 0 aliphatic rings. The van der Waals surface area contributed by atoms with E-state index in [2.05, 4.69) is 0 Å². The van der Waals surface area contributed by atoms with E-state index in [0.29, 0.717) is 10.0 Å². The van der Waals surface area contributed by atoms with Crippen LogP contribution in [-0.4, -0.2) is 17.7 Å². The molecule has 14 heavy (non-hydrogen) atoms. The minimum Gasteiger partial charge on any atom is -0.480 e. The van der Waals surface area contributed by atoms with Crippen molar-refractivity contribution in [3.8, 4) is 5.75 Å². The highest BCUT2D eigenvalue weighted by Crippen LogP contribution is 2.30. The van der Waals surface area contributed by atoms with Gasteiger partial charge in [-0.1, -0.05) is 23.2 Å². The van der Waals surface area contributed by atoms with Crippen LogP contribution in [0.5, 0.6) is 5.75 Å². The Labute approximate surface area is 91.2 Å². The van der Waals surface area contributed by atoms with Gasteiger partial charge in [-0.2, -0.15) is 0 Å². The number of carbonyl (C=O) groups is 1. The molecular weight excluding hydrogens is 227 g/mol. The third kappa shape index (κ3) is 2.79. The molecule has 0 saturated heterocycles. The summed E-state index contributed by atoms with van der Waals surface area (Å²) in [6.07, 6.45) is 0. The SMILES string of the molecule is Cc1cc(Cl)c(OCC(=O)O)cc1Cl. The van der Waals surface area contributed by atoms with Gasteiger partial charge in [-0.25, -0.2) is 4.79 Å². The van der Waals surface area contributed by atoms with Crippen molar-refractivity contribution in [2.24, 2.45) is 0 Å². The largest absolute Gasteiger partial charge is 0.480 e. The van der Waals surface area contributed by atoms with Crippen LogP contribution < -0.4 is 4.74 Å². The number of aryl methyl sites for hydroxylation is 1. The molecule has 0 fully saturated rings. The van der Waals surface area contributed by atoms with Gasteiger partial charge in [0.15, 0.2) is 6.61 Å². The quantitative estimate of drug-likeness (QED) is 0.876. The average molecular weight is 235 g/mol. The molecule has 0 aromatic heterocycles. The molecule has 0 aliphatic heterocycles. The Bertz CT molecular complexity index is 363. The highest BCUT2D eigenvalue weighted by Gasteiger charge is 2.07. The van der Waals surface area contributed by atoms with E-state index in [1.54, 1.807) is 13.0 Å². The Balaban J connectivity index is 2.87. The molecule has 1 rings (SSSR count). The standard InChI is InChI=1S/C9H8Cl2O3/c1-5-2-7(11)8(3-6(5)10)14-4-9(12)13/h2-3H,4H2,1H3,(H,12,13). The van der Waals surface area contributed by atoms with Crippen molar-refractivity contribution in [3.05, 3.63) is 27.7 Å². The summed E-state index contributed by atoms with van der Waals surface area (Å²) in [5, 5.41) is 9.24. The molecule has 3 nitrogen and oxygen atoms in total.